The summed E-state index contributed by atoms with van der Waals surface area (Å²) in [7, 11) is 0. The maximum atomic E-state index is 13.0. The predicted octanol–water partition coefficient (Wildman–Crippen LogP) is 2.77. The minimum absolute atomic E-state index is 0.0479. The molecule has 1 aliphatic rings. The molecule has 1 fully saturated rings. The van der Waals surface area contributed by atoms with Gasteiger partial charge in [-0.05, 0) is 12.3 Å². The molecule has 7 heteroatoms. The molecule has 0 aliphatic carbocycles. The van der Waals surface area contributed by atoms with E-state index in [4.69, 9.17) is 4.74 Å². The van der Waals surface area contributed by atoms with Gasteiger partial charge in [0.2, 0.25) is 0 Å². The van der Waals surface area contributed by atoms with E-state index in [0.717, 1.165) is 29.2 Å². The fraction of sp³-hybridized carbons (Fsp3) is 0.588. The van der Waals surface area contributed by atoms with Gasteiger partial charge < -0.3 is 9.64 Å². The van der Waals surface area contributed by atoms with Crippen molar-refractivity contribution >= 4 is 17.2 Å². The summed E-state index contributed by atoms with van der Waals surface area (Å²) in [6.45, 7) is 8.91. The smallest absolute Gasteiger partial charge is 0.257 e. The second kappa shape index (κ2) is 7.44. The van der Waals surface area contributed by atoms with Crippen molar-refractivity contribution in [1.29, 1.82) is 0 Å². The largest absolute Gasteiger partial charge is 0.367 e. The third kappa shape index (κ3) is 3.52. The first-order valence-corrected chi connectivity index (χ1v) is 9.33. The monoisotopic (exact) mass is 348 g/mol. The maximum absolute atomic E-state index is 13.0. The van der Waals surface area contributed by atoms with Gasteiger partial charge in [-0.3, -0.25) is 9.48 Å². The van der Waals surface area contributed by atoms with Crippen LogP contribution in [0.1, 0.15) is 47.9 Å². The molecule has 1 atom stereocenters. The van der Waals surface area contributed by atoms with Crippen molar-refractivity contribution in [1.82, 2.24) is 19.7 Å². The van der Waals surface area contributed by atoms with Gasteiger partial charge in [0, 0.05) is 24.7 Å². The van der Waals surface area contributed by atoms with E-state index in [-0.39, 0.29) is 12.0 Å². The lowest BCUT2D eigenvalue weighted by Gasteiger charge is -2.32. The number of amides is 1. The van der Waals surface area contributed by atoms with Crippen LogP contribution >= 0.6 is 11.3 Å². The molecule has 2 aromatic rings. The molecule has 1 amide bonds. The van der Waals surface area contributed by atoms with E-state index < -0.39 is 0 Å². The van der Waals surface area contributed by atoms with Crippen molar-refractivity contribution in [2.24, 2.45) is 5.92 Å². The predicted molar refractivity (Wildman–Crippen MR) is 93.2 cm³/mol. The second-order valence-electron chi connectivity index (χ2n) is 6.42. The van der Waals surface area contributed by atoms with Crippen LogP contribution in [0.15, 0.2) is 17.8 Å². The highest BCUT2D eigenvalue weighted by Crippen LogP contribution is 2.25. The first kappa shape index (κ1) is 17.1. The van der Waals surface area contributed by atoms with Crippen LogP contribution in [-0.4, -0.2) is 45.3 Å². The SMILES string of the molecule is CCc1c(C(=O)N2CCOC(c3nccs3)C2)cnn1CC(C)C. The van der Waals surface area contributed by atoms with E-state index in [1.54, 1.807) is 23.7 Å². The summed E-state index contributed by atoms with van der Waals surface area (Å²) in [5.41, 5.74) is 1.74. The van der Waals surface area contributed by atoms with E-state index in [9.17, 15) is 4.79 Å². The summed E-state index contributed by atoms with van der Waals surface area (Å²) in [5.74, 6) is 0.544. The first-order valence-electron chi connectivity index (χ1n) is 8.45. The zero-order valence-corrected chi connectivity index (χ0v) is 15.3. The Morgan fingerprint density at radius 3 is 3.00 bits per heavy atom. The number of hydrogen-bond donors (Lipinski definition) is 0. The van der Waals surface area contributed by atoms with Crippen LogP contribution in [0, 0.1) is 5.92 Å². The first-order chi connectivity index (χ1) is 11.6. The van der Waals surface area contributed by atoms with Crippen molar-refractivity contribution in [2.75, 3.05) is 19.7 Å². The van der Waals surface area contributed by atoms with Crippen molar-refractivity contribution < 1.29 is 9.53 Å². The molecule has 1 unspecified atom stereocenters. The van der Waals surface area contributed by atoms with Crippen LogP contribution in [0.25, 0.3) is 0 Å². The van der Waals surface area contributed by atoms with E-state index in [1.165, 1.54) is 0 Å². The van der Waals surface area contributed by atoms with Crippen LogP contribution in [0.5, 0.6) is 0 Å². The molecule has 1 aliphatic heterocycles. The quantitative estimate of drug-likeness (QED) is 0.834. The lowest BCUT2D eigenvalue weighted by Crippen LogP contribution is -2.42. The van der Waals surface area contributed by atoms with E-state index in [0.29, 0.717) is 25.6 Å². The summed E-state index contributed by atoms with van der Waals surface area (Å²) < 4.78 is 7.76. The normalized spacial score (nSPS) is 18.3. The van der Waals surface area contributed by atoms with Crippen LogP contribution in [0.3, 0.4) is 0 Å². The third-order valence-corrected chi connectivity index (χ3v) is 5.00. The maximum Gasteiger partial charge on any atom is 0.257 e. The average molecular weight is 348 g/mol. The second-order valence-corrected chi connectivity index (χ2v) is 7.34. The molecule has 3 heterocycles. The highest BCUT2D eigenvalue weighted by Gasteiger charge is 2.29. The molecule has 0 spiro atoms. The van der Waals surface area contributed by atoms with Crippen LogP contribution in [-0.2, 0) is 17.7 Å². The lowest BCUT2D eigenvalue weighted by atomic mass is 10.1. The summed E-state index contributed by atoms with van der Waals surface area (Å²) in [5, 5.41) is 7.30. The number of ether oxygens (including phenoxy) is 1. The van der Waals surface area contributed by atoms with Crippen LogP contribution in [0.4, 0.5) is 0 Å². The zero-order valence-electron chi connectivity index (χ0n) is 14.4. The molecule has 0 N–H and O–H groups in total. The molecule has 1 saturated heterocycles. The molecule has 130 valence electrons. The number of hydrogen-bond acceptors (Lipinski definition) is 5. The third-order valence-electron chi connectivity index (χ3n) is 4.13. The van der Waals surface area contributed by atoms with Gasteiger partial charge in [-0.25, -0.2) is 4.98 Å². The summed E-state index contributed by atoms with van der Waals surface area (Å²) in [6.07, 6.45) is 4.17. The molecule has 2 aromatic heterocycles. The van der Waals surface area contributed by atoms with Gasteiger partial charge in [0.15, 0.2) is 0 Å². The summed E-state index contributed by atoms with van der Waals surface area (Å²) in [6, 6.07) is 0. The van der Waals surface area contributed by atoms with Crippen molar-refractivity contribution in [3.8, 4) is 0 Å². The number of carbonyl (C=O) groups is 1. The van der Waals surface area contributed by atoms with Gasteiger partial charge in [-0.2, -0.15) is 5.10 Å². The Bertz CT molecular complexity index is 681. The standard InChI is InChI=1S/C17H24N4O2S/c1-4-14-13(9-19-21(14)10-12(2)3)17(22)20-6-7-23-15(11-20)16-18-5-8-24-16/h5,8-9,12,15H,4,6-7,10-11H2,1-3H3. The Labute approximate surface area is 146 Å². The van der Waals surface area contributed by atoms with Gasteiger partial charge >= 0.3 is 0 Å². The Hall–Kier alpha value is -1.73. The van der Waals surface area contributed by atoms with Gasteiger partial charge in [0.25, 0.3) is 5.91 Å². The van der Waals surface area contributed by atoms with E-state index >= 15 is 0 Å². The number of carbonyl (C=O) groups excluding carboxylic acids is 1. The molecular formula is C17H24N4O2S. The van der Waals surface area contributed by atoms with Crippen LogP contribution in [0.2, 0.25) is 0 Å². The fourth-order valence-corrected chi connectivity index (χ4v) is 3.69. The number of morpholine rings is 1. The molecule has 0 saturated carbocycles. The van der Waals surface area contributed by atoms with Crippen LogP contribution < -0.4 is 0 Å². The van der Waals surface area contributed by atoms with Gasteiger partial charge in [-0.15, -0.1) is 11.3 Å². The molecule has 24 heavy (non-hydrogen) atoms. The topological polar surface area (TPSA) is 60.3 Å². The van der Waals surface area contributed by atoms with Gasteiger partial charge in [0.1, 0.15) is 11.1 Å². The minimum atomic E-state index is -0.126. The molecule has 0 radical (unpaired) electrons. The highest BCUT2D eigenvalue weighted by molar-refractivity contribution is 7.09. The number of aromatic nitrogens is 3. The van der Waals surface area contributed by atoms with Crippen molar-refractivity contribution in [3.63, 3.8) is 0 Å². The number of thiazole rings is 1. The molecule has 0 bridgehead atoms. The van der Waals surface area contributed by atoms with Crippen molar-refractivity contribution in [3.05, 3.63) is 34.0 Å². The number of rotatable bonds is 5. The zero-order chi connectivity index (χ0) is 17.1. The highest BCUT2D eigenvalue weighted by atomic mass is 32.1. The van der Waals surface area contributed by atoms with Gasteiger partial charge in [0.05, 0.1) is 30.6 Å². The Kier molecular flexibility index (Phi) is 5.30. The minimum Gasteiger partial charge on any atom is -0.367 e. The number of nitrogens with zero attached hydrogens (tertiary/aromatic N) is 4. The van der Waals surface area contributed by atoms with E-state index in [2.05, 4.69) is 30.9 Å². The molecule has 6 nitrogen and oxygen atoms in total. The average Bonchev–Trinajstić information content (AvgIpc) is 3.23. The molecule has 3 rings (SSSR count). The van der Waals surface area contributed by atoms with Crippen molar-refractivity contribution in [2.45, 2.75) is 39.8 Å². The van der Waals surface area contributed by atoms with Gasteiger partial charge in [-0.1, -0.05) is 20.8 Å². The molecular weight excluding hydrogens is 324 g/mol. The fourth-order valence-electron chi connectivity index (χ4n) is 3.01. The Morgan fingerprint density at radius 1 is 1.50 bits per heavy atom. The lowest BCUT2D eigenvalue weighted by molar-refractivity contribution is -0.0229. The molecule has 0 aromatic carbocycles. The van der Waals surface area contributed by atoms with E-state index in [1.807, 2.05) is 15.0 Å². The summed E-state index contributed by atoms with van der Waals surface area (Å²) >= 11 is 1.57. The summed E-state index contributed by atoms with van der Waals surface area (Å²) in [4.78, 5) is 19.2. The Balaban J connectivity index is 1.77. The Morgan fingerprint density at radius 2 is 2.33 bits per heavy atom.